The summed E-state index contributed by atoms with van der Waals surface area (Å²) in [5, 5.41) is 6.65. The molecule has 1 amide bonds. The molecule has 0 bridgehead atoms. The van der Waals surface area contributed by atoms with Crippen molar-refractivity contribution in [2.75, 3.05) is 0 Å². The molecule has 2 aliphatic rings. The molecule has 0 aliphatic carbocycles. The molecule has 0 fully saturated rings. The zero-order chi connectivity index (χ0) is 7.84. The second kappa shape index (κ2) is 2.23. The first-order valence-electron chi connectivity index (χ1n) is 3.24. The minimum Gasteiger partial charge on any atom is -0.316 e. The summed E-state index contributed by atoms with van der Waals surface area (Å²) in [7, 11) is 0. The van der Waals surface area contributed by atoms with Crippen molar-refractivity contribution in [3.05, 3.63) is 11.2 Å². The summed E-state index contributed by atoms with van der Waals surface area (Å²) in [4.78, 5) is 11.1. The molecule has 2 N–H and O–H groups in total. The van der Waals surface area contributed by atoms with Gasteiger partial charge in [-0.2, -0.15) is 5.10 Å². The smallest absolute Gasteiger partial charge is 0.236 e. The zero-order valence-electron chi connectivity index (χ0n) is 5.54. The maximum atomic E-state index is 11.1. The van der Waals surface area contributed by atoms with E-state index in [-0.39, 0.29) is 17.9 Å². The normalized spacial score (nSPS) is 33.9. The Bertz CT molecular complexity index is 261. The number of hydrogen-bond donors (Lipinski definition) is 2. The highest BCUT2D eigenvalue weighted by Crippen LogP contribution is 2.17. The molecule has 0 saturated heterocycles. The van der Waals surface area contributed by atoms with E-state index in [4.69, 9.17) is 11.6 Å². The number of nitrogens with one attached hydrogen (secondary N) is 2. The van der Waals surface area contributed by atoms with Crippen molar-refractivity contribution < 1.29 is 4.79 Å². The summed E-state index contributed by atoms with van der Waals surface area (Å²) in [6, 6.07) is -0.0590. The van der Waals surface area contributed by atoms with Crippen LogP contribution in [0, 0.1) is 5.92 Å². The molecule has 2 heterocycles. The summed E-state index contributed by atoms with van der Waals surface area (Å²) < 4.78 is 0. The minimum absolute atomic E-state index is 0.0590. The lowest BCUT2D eigenvalue weighted by molar-refractivity contribution is -0.122. The monoisotopic (exact) mass is 171 g/mol. The van der Waals surface area contributed by atoms with Gasteiger partial charge in [0.2, 0.25) is 5.91 Å². The van der Waals surface area contributed by atoms with Crippen LogP contribution in [0.5, 0.6) is 0 Å². The van der Waals surface area contributed by atoms with E-state index in [2.05, 4.69) is 15.8 Å². The van der Waals surface area contributed by atoms with E-state index in [9.17, 15) is 4.79 Å². The molecule has 0 saturated carbocycles. The van der Waals surface area contributed by atoms with Crippen LogP contribution in [0.25, 0.3) is 0 Å². The Morgan fingerprint density at radius 1 is 1.64 bits per heavy atom. The van der Waals surface area contributed by atoms with Crippen molar-refractivity contribution in [3.8, 4) is 0 Å². The van der Waals surface area contributed by atoms with Crippen LogP contribution < -0.4 is 10.7 Å². The van der Waals surface area contributed by atoms with Gasteiger partial charge in [0.15, 0.2) is 0 Å². The summed E-state index contributed by atoms with van der Waals surface area (Å²) in [6.45, 7) is 0. The molecular weight excluding hydrogens is 166 g/mol. The van der Waals surface area contributed by atoms with Crippen LogP contribution in [0.15, 0.2) is 16.3 Å². The Kier molecular flexibility index (Phi) is 1.35. The van der Waals surface area contributed by atoms with Gasteiger partial charge in [0.25, 0.3) is 0 Å². The van der Waals surface area contributed by atoms with Crippen molar-refractivity contribution in [1.29, 1.82) is 0 Å². The van der Waals surface area contributed by atoms with E-state index in [0.29, 0.717) is 5.16 Å². The number of rotatable bonds is 0. The minimum atomic E-state index is -0.197. The number of carbonyl (C=O) groups excluding carboxylic acids is 1. The van der Waals surface area contributed by atoms with Gasteiger partial charge in [0.1, 0.15) is 11.1 Å². The van der Waals surface area contributed by atoms with Gasteiger partial charge in [0, 0.05) is 6.21 Å². The average molecular weight is 172 g/mol. The summed E-state index contributed by atoms with van der Waals surface area (Å²) in [5.41, 5.74) is 2.77. The Labute approximate surface area is 68.3 Å². The van der Waals surface area contributed by atoms with Gasteiger partial charge in [-0.15, -0.1) is 0 Å². The largest absolute Gasteiger partial charge is 0.316 e. The van der Waals surface area contributed by atoms with Crippen LogP contribution in [-0.4, -0.2) is 18.2 Å². The van der Waals surface area contributed by atoms with E-state index in [1.54, 1.807) is 12.3 Å². The Hall–Kier alpha value is -1.03. The molecule has 58 valence electrons. The van der Waals surface area contributed by atoms with Crippen molar-refractivity contribution in [2.45, 2.75) is 6.04 Å². The van der Waals surface area contributed by atoms with Gasteiger partial charge in [-0.1, -0.05) is 11.6 Å². The first-order valence-corrected chi connectivity index (χ1v) is 3.62. The highest BCUT2D eigenvalue weighted by atomic mass is 35.5. The number of fused-ring (bicyclic) bond motifs is 1. The van der Waals surface area contributed by atoms with E-state index < -0.39 is 0 Å². The molecule has 0 aromatic rings. The third-order valence-electron chi connectivity index (χ3n) is 1.72. The van der Waals surface area contributed by atoms with Crippen molar-refractivity contribution in [2.24, 2.45) is 11.0 Å². The fourth-order valence-electron chi connectivity index (χ4n) is 1.15. The lowest BCUT2D eigenvalue weighted by atomic mass is 10.00. The van der Waals surface area contributed by atoms with Crippen LogP contribution in [-0.2, 0) is 4.79 Å². The van der Waals surface area contributed by atoms with Crippen LogP contribution in [0.1, 0.15) is 0 Å². The van der Waals surface area contributed by atoms with E-state index in [1.807, 2.05) is 0 Å². The molecule has 0 aromatic carbocycles. The van der Waals surface area contributed by atoms with Crippen molar-refractivity contribution in [1.82, 2.24) is 10.7 Å². The Balaban J connectivity index is 2.30. The summed E-state index contributed by atoms with van der Waals surface area (Å²) in [5.74, 6) is -0.297. The fourth-order valence-corrected chi connectivity index (χ4v) is 1.38. The average Bonchev–Trinajstić information content (AvgIpc) is 2.34. The molecule has 2 rings (SSSR count). The lowest BCUT2D eigenvalue weighted by Gasteiger charge is -2.19. The number of amides is 1. The highest BCUT2D eigenvalue weighted by Gasteiger charge is 2.32. The third-order valence-corrected chi connectivity index (χ3v) is 1.94. The molecule has 4 nitrogen and oxygen atoms in total. The lowest BCUT2D eigenvalue weighted by Crippen LogP contribution is -2.42. The molecular formula is C6H6ClN3O. The maximum absolute atomic E-state index is 11.1. The van der Waals surface area contributed by atoms with Gasteiger partial charge in [-0.05, 0) is 6.08 Å². The number of nitrogens with zero attached hydrogens (tertiary/aromatic N) is 1. The van der Waals surface area contributed by atoms with Crippen LogP contribution >= 0.6 is 11.6 Å². The van der Waals surface area contributed by atoms with Crippen LogP contribution in [0.4, 0.5) is 0 Å². The predicted molar refractivity (Wildman–Crippen MR) is 41.0 cm³/mol. The standard InChI is InChI=1S/C6H6ClN3O/c7-5-1-4-3(2-8-10-4)6(11)9-5/h1-4,10H,(H,9,11). The number of carbonyl (C=O) groups is 1. The SMILES string of the molecule is O=C1NC(Cl)=CC2NN=CC12. The van der Waals surface area contributed by atoms with Gasteiger partial charge in [0.05, 0.1) is 6.04 Å². The number of hydrogen-bond acceptors (Lipinski definition) is 3. The van der Waals surface area contributed by atoms with Crippen LogP contribution in [0.3, 0.4) is 0 Å². The van der Waals surface area contributed by atoms with Gasteiger partial charge in [-0.3, -0.25) is 4.79 Å². The first-order chi connectivity index (χ1) is 5.27. The van der Waals surface area contributed by atoms with E-state index >= 15 is 0 Å². The first kappa shape index (κ1) is 6.67. The van der Waals surface area contributed by atoms with Crippen molar-refractivity contribution in [3.63, 3.8) is 0 Å². The Morgan fingerprint density at radius 3 is 3.27 bits per heavy atom. The molecule has 0 radical (unpaired) electrons. The zero-order valence-corrected chi connectivity index (χ0v) is 6.30. The predicted octanol–water partition coefficient (Wildman–Crippen LogP) is -0.230. The highest BCUT2D eigenvalue weighted by molar-refractivity contribution is 6.31. The molecule has 2 aliphatic heterocycles. The molecule has 0 aromatic heterocycles. The quantitative estimate of drug-likeness (QED) is 0.495. The topological polar surface area (TPSA) is 53.5 Å². The fraction of sp³-hybridized carbons (Fsp3) is 0.333. The van der Waals surface area contributed by atoms with Gasteiger partial charge in [-0.25, -0.2) is 0 Å². The summed E-state index contributed by atoms with van der Waals surface area (Å²) >= 11 is 5.61. The molecule has 0 spiro atoms. The number of hydrazone groups is 1. The van der Waals surface area contributed by atoms with E-state index in [1.165, 1.54) is 0 Å². The second-order valence-electron chi connectivity index (χ2n) is 2.46. The molecule has 2 unspecified atom stereocenters. The molecule has 2 atom stereocenters. The van der Waals surface area contributed by atoms with Gasteiger partial charge >= 0.3 is 0 Å². The Morgan fingerprint density at radius 2 is 2.45 bits per heavy atom. The van der Waals surface area contributed by atoms with Crippen molar-refractivity contribution >= 4 is 23.7 Å². The summed E-state index contributed by atoms with van der Waals surface area (Å²) in [6.07, 6.45) is 3.32. The third kappa shape index (κ3) is 0.991. The maximum Gasteiger partial charge on any atom is 0.236 e. The van der Waals surface area contributed by atoms with E-state index in [0.717, 1.165) is 0 Å². The number of halogens is 1. The van der Waals surface area contributed by atoms with Crippen LogP contribution in [0.2, 0.25) is 0 Å². The molecule has 11 heavy (non-hydrogen) atoms. The second-order valence-corrected chi connectivity index (χ2v) is 2.87. The van der Waals surface area contributed by atoms with Gasteiger partial charge < -0.3 is 10.7 Å². The molecule has 5 heteroatoms.